The van der Waals surface area contributed by atoms with Crippen molar-refractivity contribution in [2.45, 2.75) is 77.7 Å². The van der Waals surface area contributed by atoms with Gasteiger partial charge in [-0.05, 0) is 43.9 Å². The molecule has 1 rings (SSSR count). The Bertz CT molecular complexity index is 245. The summed E-state index contributed by atoms with van der Waals surface area (Å²) in [5.74, 6) is 1.46. The highest BCUT2D eigenvalue weighted by Crippen LogP contribution is 2.23. The van der Waals surface area contributed by atoms with Gasteiger partial charge >= 0.3 is 0 Å². The number of nitrogens with one attached hydrogen (secondary N) is 1. The van der Waals surface area contributed by atoms with E-state index in [-0.39, 0.29) is 5.91 Å². The van der Waals surface area contributed by atoms with Crippen LogP contribution in [0.1, 0.15) is 71.6 Å². The van der Waals surface area contributed by atoms with Crippen LogP contribution in [0.2, 0.25) is 0 Å². The van der Waals surface area contributed by atoms with Crippen LogP contribution < -0.4 is 5.32 Å². The van der Waals surface area contributed by atoms with Crippen LogP contribution in [-0.4, -0.2) is 23.7 Å². The molecule has 0 aromatic carbocycles. The maximum absolute atomic E-state index is 11.8. The van der Waals surface area contributed by atoms with Crippen LogP contribution in [-0.2, 0) is 4.79 Å². The lowest BCUT2D eigenvalue weighted by atomic mass is 9.86. The molecule has 1 aliphatic carbocycles. The monoisotopic (exact) mass is 269 g/mol. The zero-order chi connectivity index (χ0) is 14.1. The van der Waals surface area contributed by atoms with E-state index in [1.807, 2.05) is 0 Å². The Morgan fingerprint density at radius 1 is 1.16 bits per heavy atom. The third kappa shape index (κ3) is 7.56. The summed E-state index contributed by atoms with van der Waals surface area (Å²) in [5.41, 5.74) is 0. The van der Waals surface area contributed by atoms with Gasteiger partial charge in [0.2, 0.25) is 5.91 Å². The second kappa shape index (κ2) is 9.35. The van der Waals surface area contributed by atoms with Crippen molar-refractivity contribution < 1.29 is 9.90 Å². The minimum absolute atomic E-state index is 0.219. The van der Waals surface area contributed by atoms with Crippen molar-refractivity contribution in [3.8, 4) is 0 Å². The number of hydrogen-bond donors (Lipinski definition) is 2. The van der Waals surface area contributed by atoms with Gasteiger partial charge in [-0.15, -0.1) is 0 Å². The van der Waals surface area contributed by atoms with Crippen molar-refractivity contribution >= 4 is 5.91 Å². The molecule has 0 unspecified atom stereocenters. The molecule has 0 aromatic heterocycles. The molecule has 112 valence electrons. The van der Waals surface area contributed by atoms with E-state index in [0.29, 0.717) is 25.0 Å². The van der Waals surface area contributed by atoms with E-state index in [1.54, 1.807) is 0 Å². The lowest BCUT2D eigenvalue weighted by Crippen LogP contribution is -2.37. The van der Waals surface area contributed by atoms with E-state index in [0.717, 1.165) is 38.0 Å². The van der Waals surface area contributed by atoms with E-state index in [2.05, 4.69) is 19.2 Å². The lowest BCUT2D eigenvalue weighted by molar-refractivity contribution is -0.122. The van der Waals surface area contributed by atoms with Gasteiger partial charge in [-0.25, -0.2) is 0 Å². The molecule has 1 aliphatic rings. The number of carbonyl (C=O) groups is 1. The van der Waals surface area contributed by atoms with E-state index in [9.17, 15) is 4.79 Å². The van der Waals surface area contributed by atoms with Crippen molar-refractivity contribution in [1.82, 2.24) is 5.32 Å². The second-order valence-corrected chi connectivity index (χ2v) is 6.46. The van der Waals surface area contributed by atoms with Gasteiger partial charge in [-0.3, -0.25) is 4.79 Å². The van der Waals surface area contributed by atoms with E-state index in [4.69, 9.17) is 5.11 Å². The molecule has 3 heteroatoms. The molecule has 19 heavy (non-hydrogen) atoms. The Balaban J connectivity index is 2.02. The summed E-state index contributed by atoms with van der Waals surface area (Å²) < 4.78 is 0. The van der Waals surface area contributed by atoms with Crippen LogP contribution in [0.25, 0.3) is 0 Å². The number of carbonyl (C=O) groups excluding carboxylic acids is 1. The summed E-state index contributed by atoms with van der Waals surface area (Å²) in [5, 5.41) is 12.2. The lowest BCUT2D eigenvalue weighted by Gasteiger charge is -2.27. The van der Waals surface area contributed by atoms with Gasteiger partial charge < -0.3 is 10.4 Å². The molecule has 2 N–H and O–H groups in total. The standard InChI is InChI=1S/C16H31NO2/c1-13(2)6-4-3-5-7-16(19)17-15-10-8-14(12-18)9-11-15/h13-15,18H,3-12H2,1-2H3,(H,17,19). The van der Waals surface area contributed by atoms with Crippen LogP contribution >= 0.6 is 0 Å². The zero-order valence-electron chi connectivity index (χ0n) is 12.7. The van der Waals surface area contributed by atoms with Crippen LogP contribution in [0.3, 0.4) is 0 Å². The predicted octanol–water partition coefficient (Wildman–Crippen LogP) is 3.26. The fourth-order valence-corrected chi connectivity index (χ4v) is 2.80. The van der Waals surface area contributed by atoms with Gasteiger partial charge in [0.25, 0.3) is 0 Å². The maximum Gasteiger partial charge on any atom is 0.220 e. The smallest absolute Gasteiger partial charge is 0.220 e. The van der Waals surface area contributed by atoms with E-state index < -0.39 is 0 Å². The van der Waals surface area contributed by atoms with Gasteiger partial charge in [-0.1, -0.05) is 33.1 Å². The first-order chi connectivity index (χ1) is 9.11. The Kier molecular flexibility index (Phi) is 8.11. The highest BCUT2D eigenvalue weighted by atomic mass is 16.3. The van der Waals surface area contributed by atoms with E-state index in [1.165, 1.54) is 19.3 Å². The molecule has 0 radical (unpaired) electrons. The predicted molar refractivity (Wildman–Crippen MR) is 78.9 cm³/mol. The molecule has 1 fully saturated rings. The van der Waals surface area contributed by atoms with Gasteiger partial charge in [0.1, 0.15) is 0 Å². The molecular weight excluding hydrogens is 238 g/mol. The van der Waals surface area contributed by atoms with Crippen LogP contribution in [0.5, 0.6) is 0 Å². The topological polar surface area (TPSA) is 49.3 Å². The summed E-state index contributed by atoms with van der Waals surface area (Å²) in [6.45, 7) is 4.79. The number of aliphatic hydroxyl groups excluding tert-OH is 1. The fraction of sp³-hybridized carbons (Fsp3) is 0.938. The van der Waals surface area contributed by atoms with Crippen molar-refractivity contribution in [3.63, 3.8) is 0 Å². The highest BCUT2D eigenvalue weighted by molar-refractivity contribution is 5.76. The minimum Gasteiger partial charge on any atom is -0.396 e. The summed E-state index contributed by atoms with van der Waals surface area (Å²) in [6, 6.07) is 0.353. The van der Waals surface area contributed by atoms with Crippen molar-refractivity contribution in [1.29, 1.82) is 0 Å². The second-order valence-electron chi connectivity index (χ2n) is 6.46. The molecule has 0 aromatic rings. The number of rotatable bonds is 8. The van der Waals surface area contributed by atoms with Crippen molar-refractivity contribution in [2.24, 2.45) is 11.8 Å². The zero-order valence-corrected chi connectivity index (χ0v) is 12.7. The molecular formula is C16H31NO2. The van der Waals surface area contributed by atoms with Gasteiger partial charge in [0.15, 0.2) is 0 Å². The van der Waals surface area contributed by atoms with Crippen LogP contribution in [0, 0.1) is 11.8 Å². The molecule has 0 saturated heterocycles. The average molecular weight is 269 g/mol. The number of unbranched alkanes of at least 4 members (excludes halogenated alkanes) is 2. The first-order valence-corrected chi connectivity index (χ1v) is 8.02. The average Bonchev–Trinajstić information content (AvgIpc) is 2.39. The molecule has 1 saturated carbocycles. The summed E-state index contributed by atoms with van der Waals surface area (Å²) in [6.07, 6.45) is 9.55. The largest absolute Gasteiger partial charge is 0.396 e. The third-order valence-electron chi connectivity index (χ3n) is 4.16. The molecule has 0 spiro atoms. The normalized spacial score (nSPS) is 23.6. The third-order valence-corrected chi connectivity index (χ3v) is 4.16. The van der Waals surface area contributed by atoms with Gasteiger partial charge in [0, 0.05) is 19.1 Å². The SMILES string of the molecule is CC(C)CCCCCC(=O)NC1CCC(CO)CC1. The Hall–Kier alpha value is -0.570. The molecule has 0 heterocycles. The number of aliphatic hydroxyl groups is 1. The van der Waals surface area contributed by atoms with Gasteiger partial charge in [0.05, 0.1) is 0 Å². The van der Waals surface area contributed by atoms with Crippen molar-refractivity contribution in [3.05, 3.63) is 0 Å². The maximum atomic E-state index is 11.8. The van der Waals surface area contributed by atoms with Crippen molar-refractivity contribution in [2.75, 3.05) is 6.61 Å². The molecule has 0 bridgehead atoms. The summed E-state index contributed by atoms with van der Waals surface area (Å²) in [7, 11) is 0. The number of amides is 1. The first kappa shape index (κ1) is 16.5. The Morgan fingerprint density at radius 3 is 2.42 bits per heavy atom. The Morgan fingerprint density at radius 2 is 1.84 bits per heavy atom. The van der Waals surface area contributed by atoms with Gasteiger partial charge in [-0.2, -0.15) is 0 Å². The minimum atomic E-state index is 0.219. The van der Waals surface area contributed by atoms with Crippen LogP contribution in [0.15, 0.2) is 0 Å². The summed E-state index contributed by atoms with van der Waals surface area (Å²) in [4.78, 5) is 11.8. The molecule has 0 aliphatic heterocycles. The molecule has 3 nitrogen and oxygen atoms in total. The Labute approximate surface area is 118 Å². The quantitative estimate of drug-likeness (QED) is 0.664. The van der Waals surface area contributed by atoms with E-state index >= 15 is 0 Å². The van der Waals surface area contributed by atoms with Crippen LogP contribution in [0.4, 0.5) is 0 Å². The first-order valence-electron chi connectivity index (χ1n) is 8.02. The highest BCUT2D eigenvalue weighted by Gasteiger charge is 2.21. The number of hydrogen-bond acceptors (Lipinski definition) is 2. The molecule has 0 atom stereocenters. The fourth-order valence-electron chi connectivity index (χ4n) is 2.80. The summed E-state index contributed by atoms with van der Waals surface area (Å²) >= 11 is 0. The molecule has 1 amide bonds.